The summed E-state index contributed by atoms with van der Waals surface area (Å²) in [5.74, 6) is -0.406. The Morgan fingerprint density at radius 1 is 1.07 bits per heavy atom. The molecule has 140 valence electrons. The van der Waals surface area contributed by atoms with Crippen molar-refractivity contribution in [2.75, 3.05) is 11.9 Å². The predicted molar refractivity (Wildman–Crippen MR) is 106 cm³/mol. The molecular weight excluding hydrogens is 340 g/mol. The number of carbonyl (C=O) groups is 2. The van der Waals surface area contributed by atoms with Gasteiger partial charge in [-0.2, -0.15) is 0 Å². The molecule has 6 nitrogen and oxygen atoms in total. The molecule has 3 rings (SSSR count). The first-order valence-corrected chi connectivity index (χ1v) is 9.15. The molecule has 0 radical (unpaired) electrons. The summed E-state index contributed by atoms with van der Waals surface area (Å²) in [4.78, 5) is 29.6. The summed E-state index contributed by atoms with van der Waals surface area (Å²) < 4.78 is 1.65. The largest absolute Gasteiger partial charge is 0.349 e. The molecule has 0 aliphatic heterocycles. The zero-order valence-corrected chi connectivity index (χ0v) is 15.9. The maximum Gasteiger partial charge on any atom is 0.287 e. The number of imidazole rings is 1. The Hall–Kier alpha value is -3.15. The van der Waals surface area contributed by atoms with Crippen LogP contribution in [0.25, 0.3) is 5.52 Å². The van der Waals surface area contributed by atoms with E-state index in [-0.39, 0.29) is 23.3 Å². The van der Waals surface area contributed by atoms with Crippen LogP contribution in [0.4, 0.5) is 5.69 Å². The van der Waals surface area contributed by atoms with Gasteiger partial charge in [-0.05, 0) is 55.7 Å². The van der Waals surface area contributed by atoms with E-state index in [1.54, 1.807) is 16.7 Å². The second-order valence-electron chi connectivity index (χ2n) is 6.60. The summed E-state index contributed by atoms with van der Waals surface area (Å²) in [5.41, 5.74) is 3.79. The van der Waals surface area contributed by atoms with Gasteiger partial charge in [0.15, 0.2) is 5.69 Å². The Labute approximate surface area is 158 Å². The van der Waals surface area contributed by atoms with Gasteiger partial charge in [-0.15, -0.1) is 0 Å². The number of aromatic nitrogens is 2. The highest BCUT2D eigenvalue weighted by atomic mass is 16.2. The van der Waals surface area contributed by atoms with Gasteiger partial charge in [-0.25, -0.2) is 4.98 Å². The van der Waals surface area contributed by atoms with Crippen LogP contribution in [0.2, 0.25) is 0 Å². The lowest BCUT2D eigenvalue weighted by Crippen LogP contribution is -2.26. The highest BCUT2D eigenvalue weighted by molar-refractivity contribution is 6.09. The van der Waals surface area contributed by atoms with Crippen molar-refractivity contribution in [2.24, 2.45) is 0 Å². The van der Waals surface area contributed by atoms with Crippen LogP contribution in [0.15, 0.2) is 42.6 Å². The molecule has 0 spiro atoms. The first-order valence-electron chi connectivity index (χ1n) is 9.15. The third-order valence-electron chi connectivity index (χ3n) is 4.55. The number of nitrogens with one attached hydrogen (secondary N) is 2. The topological polar surface area (TPSA) is 75.5 Å². The Morgan fingerprint density at radius 2 is 1.89 bits per heavy atom. The van der Waals surface area contributed by atoms with Gasteiger partial charge in [-0.1, -0.05) is 25.5 Å². The summed E-state index contributed by atoms with van der Waals surface area (Å²) in [6.07, 6.45) is 3.63. The molecule has 0 atom stereocenters. The lowest BCUT2D eigenvalue weighted by atomic mass is 10.1. The van der Waals surface area contributed by atoms with Gasteiger partial charge in [0.05, 0.1) is 5.52 Å². The molecule has 0 unspecified atom stereocenters. The van der Waals surface area contributed by atoms with Crippen molar-refractivity contribution in [2.45, 2.75) is 33.6 Å². The quantitative estimate of drug-likeness (QED) is 0.654. The van der Waals surface area contributed by atoms with Crippen LogP contribution in [-0.4, -0.2) is 27.7 Å². The maximum atomic E-state index is 12.8. The van der Waals surface area contributed by atoms with E-state index in [4.69, 9.17) is 0 Å². The van der Waals surface area contributed by atoms with E-state index in [0.717, 1.165) is 24.0 Å². The molecule has 2 heterocycles. The number of aryl methyl sites for hydroxylation is 2. The van der Waals surface area contributed by atoms with Gasteiger partial charge in [0.1, 0.15) is 0 Å². The standard InChI is InChI=1S/C21H24N4O2/c1-4-5-11-22-21(27)19-24-18(17-8-6-7-12-25(17)19)20(26)23-16-10-9-14(2)15(3)13-16/h6-10,12-13H,4-5,11H2,1-3H3,(H,22,27)(H,23,26). The van der Waals surface area contributed by atoms with Crippen molar-refractivity contribution < 1.29 is 9.59 Å². The van der Waals surface area contributed by atoms with Crippen LogP contribution in [0.5, 0.6) is 0 Å². The first kappa shape index (κ1) is 18.6. The van der Waals surface area contributed by atoms with Gasteiger partial charge in [0.25, 0.3) is 11.8 Å². The minimum absolute atomic E-state index is 0.215. The fourth-order valence-electron chi connectivity index (χ4n) is 2.83. The van der Waals surface area contributed by atoms with Crippen molar-refractivity contribution >= 4 is 23.0 Å². The van der Waals surface area contributed by atoms with E-state index >= 15 is 0 Å². The SMILES string of the molecule is CCCCNC(=O)c1nc(C(=O)Nc2ccc(C)c(C)c2)c2ccccn12. The molecule has 2 aromatic heterocycles. The average molecular weight is 364 g/mol. The van der Waals surface area contributed by atoms with Crippen LogP contribution in [0, 0.1) is 13.8 Å². The number of anilines is 1. The lowest BCUT2D eigenvalue weighted by molar-refractivity contribution is 0.0942. The smallest absolute Gasteiger partial charge is 0.287 e. The highest BCUT2D eigenvalue weighted by Crippen LogP contribution is 2.18. The van der Waals surface area contributed by atoms with Gasteiger partial charge in [0, 0.05) is 18.4 Å². The third-order valence-corrected chi connectivity index (χ3v) is 4.55. The maximum absolute atomic E-state index is 12.8. The molecule has 0 aliphatic carbocycles. The molecule has 0 aliphatic rings. The highest BCUT2D eigenvalue weighted by Gasteiger charge is 2.21. The Bertz CT molecular complexity index is 991. The van der Waals surface area contributed by atoms with Gasteiger partial charge < -0.3 is 10.6 Å². The van der Waals surface area contributed by atoms with Gasteiger partial charge in [-0.3, -0.25) is 14.0 Å². The molecule has 3 aromatic rings. The zero-order chi connectivity index (χ0) is 19.4. The van der Waals surface area contributed by atoms with E-state index in [1.807, 2.05) is 44.2 Å². The number of unbranched alkanes of at least 4 members (excludes halogenated alkanes) is 1. The van der Waals surface area contributed by atoms with Gasteiger partial charge >= 0.3 is 0 Å². The Morgan fingerprint density at radius 3 is 2.63 bits per heavy atom. The number of pyridine rings is 1. The van der Waals surface area contributed by atoms with Crippen LogP contribution in [0.3, 0.4) is 0 Å². The van der Waals surface area contributed by atoms with Crippen LogP contribution < -0.4 is 10.6 Å². The van der Waals surface area contributed by atoms with Crippen molar-refractivity contribution in [1.29, 1.82) is 0 Å². The molecule has 2 N–H and O–H groups in total. The predicted octanol–water partition coefficient (Wildman–Crippen LogP) is 3.73. The Balaban J connectivity index is 1.90. The number of carbonyl (C=O) groups excluding carboxylic acids is 2. The summed E-state index contributed by atoms with van der Waals surface area (Å²) in [6, 6.07) is 11.2. The average Bonchev–Trinajstić information content (AvgIpc) is 3.05. The van der Waals surface area contributed by atoms with E-state index < -0.39 is 0 Å². The minimum atomic E-state index is -0.338. The fraction of sp³-hybridized carbons (Fsp3) is 0.286. The number of amides is 2. The zero-order valence-electron chi connectivity index (χ0n) is 15.9. The summed E-state index contributed by atoms with van der Waals surface area (Å²) in [7, 11) is 0. The number of nitrogens with zero attached hydrogens (tertiary/aromatic N) is 2. The second-order valence-corrected chi connectivity index (χ2v) is 6.60. The van der Waals surface area contributed by atoms with Crippen LogP contribution in [0.1, 0.15) is 52.0 Å². The molecule has 0 saturated carbocycles. The molecule has 27 heavy (non-hydrogen) atoms. The number of fused-ring (bicyclic) bond motifs is 1. The monoisotopic (exact) mass is 364 g/mol. The first-order chi connectivity index (χ1) is 13.0. The van der Waals surface area contributed by atoms with E-state index in [1.165, 1.54) is 0 Å². The van der Waals surface area contributed by atoms with Crippen molar-refractivity contribution in [3.63, 3.8) is 0 Å². The minimum Gasteiger partial charge on any atom is -0.349 e. The molecule has 6 heteroatoms. The van der Waals surface area contributed by atoms with Crippen molar-refractivity contribution in [3.05, 3.63) is 65.2 Å². The molecule has 0 bridgehead atoms. The molecular formula is C21H24N4O2. The number of hydrogen-bond acceptors (Lipinski definition) is 3. The second kappa shape index (κ2) is 8.03. The lowest BCUT2D eigenvalue weighted by Gasteiger charge is -2.06. The molecule has 0 fully saturated rings. The van der Waals surface area contributed by atoms with E-state index in [2.05, 4.69) is 22.5 Å². The molecule has 1 aromatic carbocycles. The summed E-state index contributed by atoms with van der Waals surface area (Å²) in [5, 5.41) is 5.73. The summed E-state index contributed by atoms with van der Waals surface area (Å²) in [6.45, 7) is 6.66. The fourth-order valence-corrected chi connectivity index (χ4v) is 2.83. The van der Waals surface area contributed by atoms with Crippen LogP contribution in [-0.2, 0) is 0 Å². The number of rotatable bonds is 6. The Kier molecular flexibility index (Phi) is 5.54. The number of benzene rings is 1. The van der Waals surface area contributed by atoms with E-state index in [9.17, 15) is 9.59 Å². The van der Waals surface area contributed by atoms with E-state index in [0.29, 0.717) is 17.7 Å². The van der Waals surface area contributed by atoms with Crippen molar-refractivity contribution in [3.8, 4) is 0 Å². The van der Waals surface area contributed by atoms with Crippen molar-refractivity contribution in [1.82, 2.24) is 14.7 Å². The third kappa shape index (κ3) is 4.00. The molecule has 2 amide bonds. The molecule has 0 saturated heterocycles. The number of hydrogen-bond donors (Lipinski definition) is 2. The van der Waals surface area contributed by atoms with Gasteiger partial charge in [0.2, 0.25) is 5.82 Å². The normalized spacial score (nSPS) is 10.8. The van der Waals surface area contributed by atoms with Crippen LogP contribution >= 0.6 is 0 Å². The summed E-state index contributed by atoms with van der Waals surface area (Å²) >= 11 is 0.